The number of aliphatic imine (C=N–C) groups is 1. The van der Waals surface area contributed by atoms with Gasteiger partial charge in [0.1, 0.15) is 12.3 Å². The Balaban J connectivity index is 2.03. The summed E-state index contributed by atoms with van der Waals surface area (Å²) in [6.07, 6.45) is 6.14. The van der Waals surface area contributed by atoms with Gasteiger partial charge in [0.25, 0.3) is 0 Å². The molecule has 2 rings (SSSR count). The summed E-state index contributed by atoms with van der Waals surface area (Å²) in [4.78, 5) is 14.8. The van der Waals surface area contributed by atoms with Crippen LogP contribution in [0.25, 0.3) is 0 Å². The molecule has 0 bridgehead atoms. The molecule has 76 valence electrons. The molecule has 0 aliphatic carbocycles. The van der Waals surface area contributed by atoms with E-state index in [2.05, 4.69) is 15.3 Å². The zero-order chi connectivity index (χ0) is 9.80. The normalized spacial score (nSPS) is 28.0. The summed E-state index contributed by atoms with van der Waals surface area (Å²) in [5.41, 5.74) is 0. The number of nitrogens with zero attached hydrogens (tertiary/aromatic N) is 3. The average Bonchev–Trinajstić information content (AvgIpc) is 2.30. The first-order chi connectivity index (χ1) is 6.92. The molecule has 1 fully saturated rings. The molecule has 0 radical (unpaired) electrons. The fourth-order valence-electron chi connectivity index (χ4n) is 1.68. The van der Waals surface area contributed by atoms with Gasteiger partial charge in [-0.25, -0.2) is 5.01 Å². The number of rotatable bonds is 2. The lowest BCUT2D eigenvalue weighted by Crippen LogP contribution is -2.54. The number of carbonyl (C=O) groups is 1. The molecule has 0 saturated carbocycles. The van der Waals surface area contributed by atoms with Gasteiger partial charge in [-0.1, -0.05) is 0 Å². The van der Waals surface area contributed by atoms with Crippen molar-refractivity contribution in [1.29, 1.82) is 0 Å². The van der Waals surface area contributed by atoms with Gasteiger partial charge in [0.05, 0.1) is 0 Å². The van der Waals surface area contributed by atoms with Crippen molar-refractivity contribution in [2.24, 2.45) is 4.99 Å². The van der Waals surface area contributed by atoms with Crippen LogP contribution in [0.5, 0.6) is 0 Å². The third-order valence-electron chi connectivity index (χ3n) is 2.41. The fourth-order valence-corrected chi connectivity index (χ4v) is 1.68. The molecule has 0 aromatic heterocycles. The van der Waals surface area contributed by atoms with Crippen LogP contribution in [0, 0.1) is 0 Å². The van der Waals surface area contributed by atoms with E-state index in [1.807, 2.05) is 11.2 Å². The molecule has 2 heterocycles. The Labute approximate surface area is 83.1 Å². The van der Waals surface area contributed by atoms with Crippen molar-refractivity contribution in [1.82, 2.24) is 15.3 Å². The summed E-state index contributed by atoms with van der Waals surface area (Å²) in [7, 11) is 0. The van der Waals surface area contributed by atoms with Crippen molar-refractivity contribution in [3.05, 3.63) is 12.4 Å². The van der Waals surface area contributed by atoms with E-state index in [4.69, 9.17) is 0 Å². The first-order valence-corrected chi connectivity index (χ1v) is 4.81. The van der Waals surface area contributed by atoms with Crippen molar-refractivity contribution in [3.8, 4) is 0 Å². The third-order valence-corrected chi connectivity index (χ3v) is 2.41. The predicted molar refractivity (Wildman–Crippen MR) is 53.8 cm³/mol. The van der Waals surface area contributed by atoms with E-state index in [1.165, 1.54) is 0 Å². The lowest BCUT2D eigenvalue weighted by atomic mass is 10.3. The third kappa shape index (κ3) is 1.83. The van der Waals surface area contributed by atoms with E-state index in [9.17, 15) is 4.79 Å². The zero-order valence-electron chi connectivity index (χ0n) is 7.97. The van der Waals surface area contributed by atoms with Crippen molar-refractivity contribution in [3.63, 3.8) is 0 Å². The lowest BCUT2D eigenvalue weighted by molar-refractivity contribution is -0.114. The maximum Gasteiger partial charge on any atom is 0.149 e. The Kier molecular flexibility index (Phi) is 2.90. The monoisotopic (exact) mass is 194 g/mol. The second-order valence-corrected chi connectivity index (χ2v) is 3.31. The number of piperazine rings is 1. The topological polar surface area (TPSA) is 47.9 Å². The zero-order valence-corrected chi connectivity index (χ0v) is 7.97. The Bertz CT molecular complexity index is 258. The molecule has 1 saturated heterocycles. The molecule has 0 amide bonds. The van der Waals surface area contributed by atoms with E-state index in [0.717, 1.165) is 32.5 Å². The van der Waals surface area contributed by atoms with E-state index >= 15 is 0 Å². The second-order valence-electron chi connectivity index (χ2n) is 3.31. The van der Waals surface area contributed by atoms with Gasteiger partial charge >= 0.3 is 0 Å². The summed E-state index contributed by atoms with van der Waals surface area (Å²) >= 11 is 0. The van der Waals surface area contributed by atoms with Gasteiger partial charge in [0, 0.05) is 44.8 Å². The average molecular weight is 194 g/mol. The lowest BCUT2D eigenvalue weighted by Gasteiger charge is -2.39. The Morgan fingerprint density at radius 3 is 2.93 bits per heavy atom. The fraction of sp³-hybridized carbons (Fsp3) is 0.556. The Morgan fingerprint density at radius 2 is 2.21 bits per heavy atom. The molecule has 0 spiro atoms. The highest BCUT2D eigenvalue weighted by Gasteiger charge is 2.22. The molecule has 2 aliphatic rings. The number of hydrazine groups is 1. The minimum absolute atomic E-state index is 0.238. The van der Waals surface area contributed by atoms with Gasteiger partial charge in [-0.2, -0.15) is 0 Å². The number of hydrogen-bond donors (Lipinski definition) is 1. The molecule has 5 heteroatoms. The highest BCUT2D eigenvalue weighted by atomic mass is 16.1. The number of aldehydes is 1. The Morgan fingerprint density at radius 1 is 1.43 bits per heavy atom. The molecule has 1 atom stereocenters. The van der Waals surface area contributed by atoms with E-state index < -0.39 is 0 Å². The minimum Gasteiger partial charge on any atom is -0.314 e. The second kappa shape index (κ2) is 4.34. The highest BCUT2D eigenvalue weighted by molar-refractivity contribution is 5.86. The van der Waals surface area contributed by atoms with Gasteiger partial charge < -0.3 is 10.1 Å². The quantitative estimate of drug-likeness (QED) is 0.587. The first kappa shape index (κ1) is 9.36. The first-order valence-electron chi connectivity index (χ1n) is 4.81. The molecular formula is C9H14N4O. The van der Waals surface area contributed by atoms with Gasteiger partial charge in [0.15, 0.2) is 0 Å². The van der Waals surface area contributed by atoms with Crippen molar-refractivity contribution in [2.75, 3.05) is 26.2 Å². The van der Waals surface area contributed by atoms with Crippen LogP contribution in [-0.2, 0) is 4.79 Å². The summed E-state index contributed by atoms with van der Waals surface area (Å²) < 4.78 is 0. The number of hydrogen-bond acceptors (Lipinski definition) is 5. The van der Waals surface area contributed by atoms with Gasteiger partial charge in [-0.3, -0.25) is 10.0 Å². The molecule has 2 aliphatic heterocycles. The van der Waals surface area contributed by atoms with Crippen LogP contribution in [0.15, 0.2) is 17.4 Å². The number of carbonyl (C=O) groups excluding carboxylic acids is 1. The highest BCUT2D eigenvalue weighted by Crippen LogP contribution is 2.08. The van der Waals surface area contributed by atoms with Gasteiger partial charge in [-0.15, -0.1) is 0 Å². The molecule has 5 nitrogen and oxygen atoms in total. The standard InChI is InChI=1S/C9H14N4O/c14-8-9-7-11-3-6-13(9)12-4-1-10-2-5-12/h3,6-10H,1-2,4-5H2/t9-/m1/s1. The minimum atomic E-state index is -0.238. The van der Waals surface area contributed by atoms with Crippen LogP contribution in [0.3, 0.4) is 0 Å². The maximum atomic E-state index is 10.8. The molecule has 0 aromatic carbocycles. The SMILES string of the molecule is O=C[C@H]1C=NC=CN1N1CCNCC1. The van der Waals surface area contributed by atoms with Crippen molar-refractivity contribution < 1.29 is 4.79 Å². The van der Waals surface area contributed by atoms with Crippen molar-refractivity contribution >= 4 is 12.5 Å². The smallest absolute Gasteiger partial charge is 0.149 e. The van der Waals surface area contributed by atoms with Crippen LogP contribution >= 0.6 is 0 Å². The predicted octanol–water partition coefficient (Wildman–Crippen LogP) is -0.768. The molecular weight excluding hydrogens is 180 g/mol. The van der Waals surface area contributed by atoms with Crippen LogP contribution in [0.4, 0.5) is 0 Å². The summed E-state index contributed by atoms with van der Waals surface area (Å²) in [5, 5.41) is 7.38. The molecule has 14 heavy (non-hydrogen) atoms. The summed E-state index contributed by atoms with van der Waals surface area (Å²) in [6.45, 7) is 3.80. The number of nitrogens with one attached hydrogen (secondary N) is 1. The maximum absolute atomic E-state index is 10.8. The van der Waals surface area contributed by atoms with Gasteiger partial charge in [0.2, 0.25) is 0 Å². The molecule has 0 aromatic rings. The van der Waals surface area contributed by atoms with E-state index in [-0.39, 0.29) is 6.04 Å². The van der Waals surface area contributed by atoms with Crippen LogP contribution < -0.4 is 5.32 Å². The largest absolute Gasteiger partial charge is 0.314 e. The summed E-state index contributed by atoms with van der Waals surface area (Å²) in [5.74, 6) is 0. The van der Waals surface area contributed by atoms with Crippen LogP contribution in [0.2, 0.25) is 0 Å². The van der Waals surface area contributed by atoms with Gasteiger partial charge in [-0.05, 0) is 0 Å². The summed E-state index contributed by atoms with van der Waals surface area (Å²) in [6, 6.07) is -0.238. The van der Waals surface area contributed by atoms with E-state index in [1.54, 1.807) is 12.4 Å². The van der Waals surface area contributed by atoms with Crippen LogP contribution in [-0.4, -0.2) is 54.7 Å². The molecule has 0 unspecified atom stereocenters. The van der Waals surface area contributed by atoms with E-state index in [0.29, 0.717) is 0 Å². The molecule has 1 N–H and O–H groups in total. The van der Waals surface area contributed by atoms with Crippen LogP contribution in [0.1, 0.15) is 0 Å². The Hall–Kier alpha value is -1.20. The van der Waals surface area contributed by atoms with Crippen molar-refractivity contribution in [2.45, 2.75) is 6.04 Å².